The van der Waals surface area contributed by atoms with E-state index in [1.54, 1.807) is 16.2 Å². The fourth-order valence-corrected chi connectivity index (χ4v) is 4.15. The first-order chi connectivity index (χ1) is 13.6. The number of carboxylic acid groups (broad SMARTS) is 1. The van der Waals surface area contributed by atoms with E-state index in [1.165, 1.54) is 0 Å². The number of hydrogen-bond donors (Lipinski definition) is 1. The molecule has 2 aromatic heterocycles. The Labute approximate surface area is 165 Å². The summed E-state index contributed by atoms with van der Waals surface area (Å²) in [6, 6.07) is 11.4. The number of rotatable bonds is 6. The highest BCUT2D eigenvalue weighted by Gasteiger charge is 2.40. The van der Waals surface area contributed by atoms with E-state index in [0.29, 0.717) is 24.7 Å². The molecule has 1 aliphatic rings. The molecule has 2 atom stereocenters. The van der Waals surface area contributed by atoms with Crippen molar-refractivity contribution in [3.63, 3.8) is 0 Å². The lowest BCUT2D eigenvalue weighted by molar-refractivity contribution is -0.141. The molecule has 1 aromatic carbocycles. The predicted molar refractivity (Wildman–Crippen MR) is 103 cm³/mol. The number of carboxylic acids is 1. The largest absolute Gasteiger partial charge is 0.481 e. The van der Waals surface area contributed by atoms with E-state index >= 15 is 0 Å². The Morgan fingerprint density at radius 2 is 2.00 bits per heavy atom. The number of aromatic nitrogens is 2. The SMILES string of the molecule is O=C(O)C1CN(C(=O)CCc2nnc(-c3ccsc3)o2)CC1c1ccccc1. The van der Waals surface area contributed by atoms with Gasteiger partial charge in [0.1, 0.15) is 0 Å². The van der Waals surface area contributed by atoms with E-state index < -0.39 is 11.9 Å². The Hall–Kier alpha value is -3.00. The summed E-state index contributed by atoms with van der Waals surface area (Å²) in [5.74, 6) is -0.916. The van der Waals surface area contributed by atoms with Crippen molar-refractivity contribution in [1.29, 1.82) is 0 Å². The zero-order valence-electron chi connectivity index (χ0n) is 15.0. The van der Waals surface area contributed by atoms with Gasteiger partial charge < -0.3 is 14.4 Å². The number of aliphatic carboxylic acids is 1. The number of aryl methyl sites for hydroxylation is 1. The summed E-state index contributed by atoms with van der Waals surface area (Å²) in [5, 5.41) is 21.4. The molecule has 0 radical (unpaired) electrons. The molecule has 28 heavy (non-hydrogen) atoms. The van der Waals surface area contributed by atoms with Gasteiger partial charge in [-0.3, -0.25) is 9.59 Å². The zero-order valence-corrected chi connectivity index (χ0v) is 15.8. The number of carbonyl (C=O) groups is 2. The van der Waals surface area contributed by atoms with Gasteiger partial charge in [0, 0.05) is 42.8 Å². The first kappa shape index (κ1) is 18.4. The van der Waals surface area contributed by atoms with Gasteiger partial charge in [0.15, 0.2) is 0 Å². The minimum Gasteiger partial charge on any atom is -0.481 e. The molecule has 1 aliphatic heterocycles. The van der Waals surface area contributed by atoms with Crippen LogP contribution in [0.3, 0.4) is 0 Å². The molecule has 8 heteroatoms. The zero-order chi connectivity index (χ0) is 19.5. The highest BCUT2D eigenvalue weighted by atomic mass is 32.1. The third-order valence-corrected chi connectivity index (χ3v) is 5.69. The highest BCUT2D eigenvalue weighted by Crippen LogP contribution is 2.33. The summed E-state index contributed by atoms with van der Waals surface area (Å²) in [6.45, 7) is 0.627. The maximum absolute atomic E-state index is 12.6. The van der Waals surface area contributed by atoms with Gasteiger partial charge in [-0.25, -0.2) is 0 Å². The molecule has 144 valence electrons. The summed E-state index contributed by atoms with van der Waals surface area (Å²) < 4.78 is 5.61. The van der Waals surface area contributed by atoms with Crippen LogP contribution >= 0.6 is 11.3 Å². The monoisotopic (exact) mass is 397 g/mol. The van der Waals surface area contributed by atoms with Gasteiger partial charge in [0.2, 0.25) is 17.7 Å². The Morgan fingerprint density at radius 1 is 1.18 bits per heavy atom. The molecule has 4 rings (SSSR count). The van der Waals surface area contributed by atoms with Crippen molar-refractivity contribution in [3.8, 4) is 11.5 Å². The molecule has 1 fully saturated rings. The van der Waals surface area contributed by atoms with Crippen LogP contribution in [0.15, 0.2) is 51.6 Å². The lowest BCUT2D eigenvalue weighted by Gasteiger charge is -2.16. The fraction of sp³-hybridized carbons (Fsp3) is 0.300. The number of hydrogen-bond acceptors (Lipinski definition) is 6. The van der Waals surface area contributed by atoms with Crippen molar-refractivity contribution in [1.82, 2.24) is 15.1 Å². The minimum atomic E-state index is -0.874. The van der Waals surface area contributed by atoms with Crippen LogP contribution < -0.4 is 0 Å². The van der Waals surface area contributed by atoms with E-state index in [1.807, 2.05) is 47.2 Å². The first-order valence-electron chi connectivity index (χ1n) is 9.02. The van der Waals surface area contributed by atoms with Gasteiger partial charge in [-0.15, -0.1) is 10.2 Å². The van der Waals surface area contributed by atoms with Gasteiger partial charge in [-0.2, -0.15) is 11.3 Å². The second-order valence-corrected chi connectivity index (χ2v) is 7.55. The molecule has 3 aromatic rings. The molecule has 1 N–H and O–H groups in total. The third kappa shape index (κ3) is 3.82. The van der Waals surface area contributed by atoms with E-state index in [9.17, 15) is 14.7 Å². The fourth-order valence-electron chi connectivity index (χ4n) is 3.53. The van der Waals surface area contributed by atoms with Gasteiger partial charge >= 0.3 is 5.97 Å². The van der Waals surface area contributed by atoms with Crippen molar-refractivity contribution in [3.05, 3.63) is 58.6 Å². The Kier molecular flexibility index (Phi) is 5.21. The number of likely N-dealkylation sites (tertiary alicyclic amines) is 1. The second-order valence-electron chi connectivity index (χ2n) is 6.77. The van der Waals surface area contributed by atoms with Gasteiger partial charge in [0.05, 0.1) is 5.92 Å². The van der Waals surface area contributed by atoms with Crippen molar-refractivity contribution >= 4 is 23.2 Å². The van der Waals surface area contributed by atoms with Gasteiger partial charge in [-0.1, -0.05) is 30.3 Å². The molecular formula is C20H19N3O4S. The van der Waals surface area contributed by atoms with E-state index in [4.69, 9.17) is 4.42 Å². The molecule has 0 bridgehead atoms. The van der Waals surface area contributed by atoms with Crippen LogP contribution in [-0.2, 0) is 16.0 Å². The number of thiophene rings is 1. The highest BCUT2D eigenvalue weighted by molar-refractivity contribution is 7.08. The number of benzene rings is 1. The van der Waals surface area contributed by atoms with E-state index in [2.05, 4.69) is 10.2 Å². The molecule has 1 amide bonds. The normalized spacial score (nSPS) is 19.1. The smallest absolute Gasteiger partial charge is 0.308 e. The Morgan fingerprint density at radius 3 is 2.71 bits per heavy atom. The molecule has 0 aliphatic carbocycles. The quantitative estimate of drug-likeness (QED) is 0.687. The predicted octanol–water partition coefficient (Wildman–Crippen LogP) is 3.06. The summed E-state index contributed by atoms with van der Waals surface area (Å²) >= 11 is 1.54. The van der Waals surface area contributed by atoms with E-state index in [0.717, 1.165) is 11.1 Å². The standard InChI is InChI=1S/C20H19N3O4S/c24-18(7-6-17-21-22-19(27-17)14-8-9-28-12-14)23-10-15(16(11-23)20(25)26)13-4-2-1-3-5-13/h1-5,8-9,12,15-16H,6-7,10-11H2,(H,25,26). The van der Waals surface area contributed by atoms with Crippen molar-refractivity contribution < 1.29 is 19.1 Å². The molecule has 7 nitrogen and oxygen atoms in total. The van der Waals surface area contributed by atoms with Crippen molar-refractivity contribution in [2.45, 2.75) is 18.8 Å². The van der Waals surface area contributed by atoms with Crippen LogP contribution in [0.5, 0.6) is 0 Å². The molecule has 2 unspecified atom stereocenters. The maximum Gasteiger partial charge on any atom is 0.308 e. The Balaban J connectivity index is 1.39. The van der Waals surface area contributed by atoms with Crippen LogP contribution in [0, 0.1) is 5.92 Å². The van der Waals surface area contributed by atoms with Gasteiger partial charge in [0.25, 0.3) is 0 Å². The lowest BCUT2D eigenvalue weighted by atomic mass is 9.89. The Bertz CT molecular complexity index is 955. The van der Waals surface area contributed by atoms with Gasteiger partial charge in [-0.05, 0) is 17.0 Å². The average molecular weight is 397 g/mol. The van der Waals surface area contributed by atoms with Crippen LogP contribution in [0.1, 0.15) is 23.8 Å². The van der Waals surface area contributed by atoms with Crippen LogP contribution in [0.4, 0.5) is 0 Å². The molecular weight excluding hydrogens is 378 g/mol. The third-order valence-electron chi connectivity index (χ3n) is 5.01. The maximum atomic E-state index is 12.6. The molecule has 1 saturated heterocycles. The minimum absolute atomic E-state index is 0.0973. The topological polar surface area (TPSA) is 96.5 Å². The van der Waals surface area contributed by atoms with Crippen LogP contribution in [-0.4, -0.2) is 45.2 Å². The average Bonchev–Trinajstić information content (AvgIpc) is 3.46. The molecule has 0 saturated carbocycles. The number of nitrogens with zero attached hydrogens (tertiary/aromatic N) is 3. The van der Waals surface area contributed by atoms with Crippen LogP contribution in [0.25, 0.3) is 11.5 Å². The summed E-state index contributed by atoms with van der Waals surface area (Å²) in [5.41, 5.74) is 1.81. The van der Waals surface area contributed by atoms with E-state index in [-0.39, 0.29) is 24.8 Å². The van der Waals surface area contributed by atoms with Crippen molar-refractivity contribution in [2.75, 3.05) is 13.1 Å². The second kappa shape index (κ2) is 7.93. The van der Waals surface area contributed by atoms with Crippen LogP contribution in [0.2, 0.25) is 0 Å². The summed E-state index contributed by atoms with van der Waals surface area (Å²) in [4.78, 5) is 26.0. The first-order valence-corrected chi connectivity index (χ1v) is 9.96. The molecule has 3 heterocycles. The molecule has 0 spiro atoms. The summed E-state index contributed by atoms with van der Waals surface area (Å²) in [7, 11) is 0. The van der Waals surface area contributed by atoms with Crippen molar-refractivity contribution in [2.24, 2.45) is 5.92 Å². The summed E-state index contributed by atoms with van der Waals surface area (Å²) in [6.07, 6.45) is 0.541. The number of amides is 1. The number of carbonyl (C=O) groups excluding carboxylic acids is 1. The lowest BCUT2D eigenvalue weighted by Crippen LogP contribution is -2.30.